The first-order chi connectivity index (χ1) is 7.36. The average Bonchev–Trinajstić information content (AvgIpc) is 2.50. The molecular formula is C14H14O. The molecule has 0 fully saturated rings. The van der Waals surface area contributed by atoms with E-state index in [1.54, 1.807) is 0 Å². The quantitative estimate of drug-likeness (QED) is 0.702. The summed E-state index contributed by atoms with van der Waals surface area (Å²) in [7, 11) is 0. The maximum Gasteiger partial charge on any atom is 0.129 e. The Morgan fingerprint density at radius 3 is 2.80 bits per heavy atom. The SMILES string of the molecule is Cc1ccccc1OC1=CC=CC=CC1. The fourth-order valence-corrected chi connectivity index (χ4v) is 1.45. The van der Waals surface area contributed by atoms with Crippen molar-refractivity contribution < 1.29 is 4.74 Å². The van der Waals surface area contributed by atoms with Gasteiger partial charge in [-0.1, -0.05) is 42.5 Å². The van der Waals surface area contributed by atoms with Crippen LogP contribution >= 0.6 is 0 Å². The zero-order valence-electron chi connectivity index (χ0n) is 8.81. The third-order valence-corrected chi connectivity index (χ3v) is 2.29. The second-order valence-corrected chi connectivity index (χ2v) is 3.52. The van der Waals surface area contributed by atoms with Crippen molar-refractivity contribution in [3.05, 3.63) is 66.0 Å². The molecule has 0 radical (unpaired) electrons. The molecule has 0 unspecified atom stereocenters. The first-order valence-electron chi connectivity index (χ1n) is 5.12. The Morgan fingerprint density at radius 2 is 1.93 bits per heavy atom. The zero-order valence-corrected chi connectivity index (χ0v) is 8.81. The normalized spacial score (nSPS) is 14.6. The van der Waals surface area contributed by atoms with Crippen LogP contribution in [0.25, 0.3) is 0 Å². The van der Waals surface area contributed by atoms with Crippen molar-refractivity contribution >= 4 is 0 Å². The summed E-state index contributed by atoms with van der Waals surface area (Å²) >= 11 is 0. The fraction of sp³-hybridized carbons (Fsp3) is 0.143. The third-order valence-electron chi connectivity index (χ3n) is 2.29. The molecule has 1 aromatic carbocycles. The third kappa shape index (κ3) is 2.59. The van der Waals surface area contributed by atoms with E-state index >= 15 is 0 Å². The van der Waals surface area contributed by atoms with E-state index in [0.717, 1.165) is 23.5 Å². The fourth-order valence-electron chi connectivity index (χ4n) is 1.45. The van der Waals surface area contributed by atoms with Gasteiger partial charge in [-0.25, -0.2) is 0 Å². The summed E-state index contributed by atoms with van der Waals surface area (Å²) in [5.74, 6) is 1.92. The number of ether oxygens (including phenoxy) is 1. The summed E-state index contributed by atoms with van der Waals surface area (Å²) in [5, 5.41) is 0. The molecule has 1 nitrogen and oxygen atoms in total. The Balaban J connectivity index is 2.15. The van der Waals surface area contributed by atoms with Crippen LogP contribution in [0.5, 0.6) is 5.75 Å². The number of rotatable bonds is 2. The van der Waals surface area contributed by atoms with Gasteiger partial charge in [0, 0.05) is 6.42 Å². The van der Waals surface area contributed by atoms with Crippen LogP contribution in [-0.2, 0) is 0 Å². The van der Waals surface area contributed by atoms with Crippen molar-refractivity contribution in [3.63, 3.8) is 0 Å². The number of benzene rings is 1. The van der Waals surface area contributed by atoms with Crippen molar-refractivity contribution in [1.29, 1.82) is 0 Å². The highest BCUT2D eigenvalue weighted by Gasteiger charge is 2.01. The van der Waals surface area contributed by atoms with E-state index in [0.29, 0.717) is 0 Å². The van der Waals surface area contributed by atoms with Crippen LogP contribution in [0.2, 0.25) is 0 Å². The maximum atomic E-state index is 5.82. The number of hydrogen-bond acceptors (Lipinski definition) is 1. The number of allylic oxidation sites excluding steroid dienone is 5. The van der Waals surface area contributed by atoms with Crippen molar-refractivity contribution in [2.45, 2.75) is 13.3 Å². The highest BCUT2D eigenvalue weighted by Crippen LogP contribution is 2.21. The van der Waals surface area contributed by atoms with E-state index in [-0.39, 0.29) is 0 Å². The molecule has 1 heteroatoms. The summed E-state index contributed by atoms with van der Waals surface area (Å²) in [6.07, 6.45) is 11.0. The largest absolute Gasteiger partial charge is 0.461 e. The van der Waals surface area contributed by atoms with Crippen molar-refractivity contribution in [3.8, 4) is 5.75 Å². The van der Waals surface area contributed by atoms with Crippen LogP contribution in [0.4, 0.5) is 0 Å². The highest BCUT2D eigenvalue weighted by molar-refractivity contribution is 5.34. The van der Waals surface area contributed by atoms with Gasteiger partial charge in [0.05, 0.1) is 0 Å². The molecule has 1 aliphatic rings. The first-order valence-corrected chi connectivity index (χ1v) is 5.12. The standard InChI is InChI=1S/C14H14O/c1-12-8-6-7-11-14(12)15-13-9-4-2-3-5-10-13/h2-9,11H,10H2,1H3. The summed E-state index contributed by atoms with van der Waals surface area (Å²) in [6.45, 7) is 2.05. The summed E-state index contributed by atoms with van der Waals surface area (Å²) in [4.78, 5) is 0. The van der Waals surface area contributed by atoms with E-state index in [1.165, 1.54) is 0 Å². The van der Waals surface area contributed by atoms with Crippen LogP contribution in [0, 0.1) is 6.92 Å². The predicted molar refractivity (Wildman–Crippen MR) is 62.8 cm³/mol. The van der Waals surface area contributed by atoms with Gasteiger partial charge < -0.3 is 4.74 Å². The average molecular weight is 198 g/mol. The van der Waals surface area contributed by atoms with Gasteiger partial charge in [-0.3, -0.25) is 0 Å². The number of aryl methyl sites for hydroxylation is 1. The Labute approximate surface area is 90.4 Å². The number of hydrogen-bond donors (Lipinski definition) is 0. The van der Waals surface area contributed by atoms with Crippen molar-refractivity contribution in [2.24, 2.45) is 0 Å². The van der Waals surface area contributed by atoms with E-state index in [9.17, 15) is 0 Å². The summed E-state index contributed by atoms with van der Waals surface area (Å²) < 4.78 is 5.82. The molecule has 0 atom stereocenters. The molecule has 1 aliphatic carbocycles. The molecule has 2 rings (SSSR count). The second kappa shape index (κ2) is 4.65. The summed E-state index contributed by atoms with van der Waals surface area (Å²) in [6, 6.07) is 8.06. The monoisotopic (exact) mass is 198 g/mol. The van der Waals surface area contributed by atoms with Gasteiger partial charge in [0.1, 0.15) is 11.5 Å². The van der Waals surface area contributed by atoms with Gasteiger partial charge in [-0.15, -0.1) is 0 Å². The van der Waals surface area contributed by atoms with Gasteiger partial charge in [-0.05, 0) is 24.6 Å². The van der Waals surface area contributed by atoms with Crippen LogP contribution in [-0.4, -0.2) is 0 Å². The van der Waals surface area contributed by atoms with Crippen LogP contribution in [0.1, 0.15) is 12.0 Å². The van der Waals surface area contributed by atoms with Gasteiger partial charge in [-0.2, -0.15) is 0 Å². The number of para-hydroxylation sites is 1. The predicted octanol–water partition coefficient (Wildman–Crippen LogP) is 3.77. The molecule has 15 heavy (non-hydrogen) atoms. The Morgan fingerprint density at radius 1 is 1.07 bits per heavy atom. The van der Waals surface area contributed by atoms with Gasteiger partial charge in [0.25, 0.3) is 0 Å². The van der Waals surface area contributed by atoms with E-state index in [2.05, 4.69) is 19.1 Å². The lowest BCUT2D eigenvalue weighted by Crippen LogP contribution is -1.95. The topological polar surface area (TPSA) is 9.23 Å². The molecule has 0 saturated heterocycles. The Bertz CT molecular complexity index is 425. The molecule has 76 valence electrons. The smallest absolute Gasteiger partial charge is 0.129 e. The van der Waals surface area contributed by atoms with Crippen molar-refractivity contribution in [2.75, 3.05) is 0 Å². The van der Waals surface area contributed by atoms with E-state index in [4.69, 9.17) is 4.74 Å². The zero-order chi connectivity index (χ0) is 10.5. The Hall–Kier alpha value is -1.76. The van der Waals surface area contributed by atoms with E-state index in [1.807, 2.05) is 42.5 Å². The Kier molecular flexibility index (Phi) is 3.03. The lowest BCUT2D eigenvalue weighted by molar-refractivity contribution is 0.413. The minimum Gasteiger partial charge on any atom is -0.461 e. The minimum atomic E-state index is 0.849. The van der Waals surface area contributed by atoms with Crippen molar-refractivity contribution in [1.82, 2.24) is 0 Å². The first kappa shape index (κ1) is 9.78. The lowest BCUT2D eigenvalue weighted by atomic mass is 10.2. The maximum absolute atomic E-state index is 5.82. The molecule has 0 bridgehead atoms. The van der Waals surface area contributed by atoms with E-state index < -0.39 is 0 Å². The summed E-state index contributed by atoms with van der Waals surface area (Å²) in [5.41, 5.74) is 1.16. The lowest BCUT2D eigenvalue weighted by Gasteiger charge is -2.09. The van der Waals surface area contributed by atoms with Crippen LogP contribution < -0.4 is 4.74 Å². The molecule has 0 spiro atoms. The molecule has 0 amide bonds. The molecule has 0 N–H and O–H groups in total. The van der Waals surface area contributed by atoms with Crippen LogP contribution in [0.3, 0.4) is 0 Å². The highest BCUT2D eigenvalue weighted by atomic mass is 16.5. The van der Waals surface area contributed by atoms with Gasteiger partial charge in [0.15, 0.2) is 0 Å². The van der Waals surface area contributed by atoms with Crippen LogP contribution in [0.15, 0.2) is 60.4 Å². The van der Waals surface area contributed by atoms with Gasteiger partial charge in [0.2, 0.25) is 0 Å². The second-order valence-electron chi connectivity index (χ2n) is 3.52. The molecule has 1 aromatic rings. The minimum absolute atomic E-state index is 0.849. The molecule has 0 aliphatic heterocycles. The van der Waals surface area contributed by atoms with Gasteiger partial charge >= 0.3 is 0 Å². The molecule has 0 aromatic heterocycles. The molecular weight excluding hydrogens is 184 g/mol. The molecule has 0 heterocycles. The molecule has 0 saturated carbocycles.